The quantitative estimate of drug-likeness (QED) is 0.824. The molecule has 0 saturated carbocycles. The molecule has 1 aromatic heterocycles. The van der Waals surface area contributed by atoms with E-state index in [4.69, 9.17) is 4.74 Å². The van der Waals surface area contributed by atoms with E-state index in [1.165, 1.54) is 0 Å². The number of carbonyl (C=O) groups excluding carboxylic acids is 1. The Morgan fingerprint density at radius 3 is 2.69 bits per heavy atom. The first-order valence-corrected chi connectivity index (χ1v) is 9.30. The summed E-state index contributed by atoms with van der Waals surface area (Å²) >= 11 is 0. The molecule has 2 aromatic rings. The zero-order valence-electron chi connectivity index (χ0n) is 15.5. The van der Waals surface area contributed by atoms with E-state index in [1.807, 2.05) is 55.1 Å². The van der Waals surface area contributed by atoms with Crippen LogP contribution >= 0.6 is 0 Å². The summed E-state index contributed by atoms with van der Waals surface area (Å²) in [4.78, 5) is 19.1. The van der Waals surface area contributed by atoms with Gasteiger partial charge in [-0.15, -0.1) is 0 Å². The lowest BCUT2D eigenvalue weighted by molar-refractivity contribution is 0.0684. The fourth-order valence-electron chi connectivity index (χ4n) is 3.08. The predicted octanol–water partition coefficient (Wildman–Crippen LogP) is 3.72. The Hall–Kier alpha value is -2.40. The zero-order valence-corrected chi connectivity index (χ0v) is 15.5. The first kappa shape index (κ1) is 18.4. The third-order valence-electron chi connectivity index (χ3n) is 4.62. The van der Waals surface area contributed by atoms with Crippen LogP contribution in [0.5, 0.6) is 0 Å². The van der Waals surface area contributed by atoms with Crippen molar-refractivity contribution in [1.29, 1.82) is 0 Å². The summed E-state index contributed by atoms with van der Waals surface area (Å²) in [6.45, 7) is 6.26. The van der Waals surface area contributed by atoms with Gasteiger partial charge in [-0.3, -0.25) is 4.79 Å². The Bertz CT molecular complexity index is 695. The van der Waals surface area contributed by atoms with Crippen LogP contribution in [0.15, 0.2) is 48.7 Å². The molecule has 5 nitrogen and oxygen atoms in total. The molecule has 5 heteroatoms. The van der Waals surface area contributed by atoms with Crippen molar-refractivity contribution in [2.24, 2.45) is 0 Å². The smallest absolute Gasteiger partial charge is 0.272 e. The van der Waals surface area contributed by atoms with Crippen LogP contribution in [-0.2, 0) is 11.3 Å². The minimum atomic E-state index is -0.0467. The van der Waals surface area contributed by atoms with Gasteiger partial charge in [0.2, 0.25) is 0 Å². The molecule has 1 aliphatic rings. The second-order valence-corrected chi connectivity index (χ2v) is 6.96. The highest BCUT2D eigenvalue weighted by molar-refractivity contribution is 5.92. The molecule has 138 valence electrons. The number of hydrogen-bond acceptors (Lipinski definition) is 4. The standard InChI is InChI=1S/C21H27N3O2/c1-16(2)24(15-17-7-4-3-5-8-17)21(25)20-11-10-18(13-23-20)22-14-19-9-6-12-26-19/h3-5,7-8,10-11,13,16,19,22H,6,9,12,14-15H2,1-2H3. The van der Waals surface area contributed by atoms with E-state index in [2.05, 4.69) is 10.3 Å². The van der Waals surface area contributed by atoms with Crippen molar-refractivity contribution in [3.05, 3.63) is 59.9 Å². The number of anilines is 1. The maximum atomic E-state index is 12.9. The number of hydrogen-bond donors (Lipinski definition) is 1. The molecule has 1 fully saturated rings. The summed E-state index contributed by atoms with van der Waals surface area (Å²) in [5.74, 6) is -0.0467. The van der Waals surface area contributed by atoms with Gasteiger partial charge in [0.05, 0.1) is 18.0 Å². The number of nitrogens with one attached hydrogen (secondary N) is 1. The van der Waals surface area contributed by atoms with Crippen LogP contribution in [0.4, 0.5) is 5.69 Å². The number of rotatable bonds is 7. The molecule has 1 saturated heterocycles. The maximum absolute atomic E-state index is 12.9. The molecule has 1 aromatic carbocycles. The summed E-state index contributed by atoms with van der Waals surface area (Å²) < 4.78 is 5.61. The monoisotopic (exact) mass is 353 g/mol. The highest BCUT2D eigenvalue weighted by Gasteiger charge is 2.20. The van der Waals surface area contributed by atoms with Gasteiger partial charge in [0.15, 0.2) is 0 Å². The Morgan fingerprint density at radius 2 is 2.08 bits per heavy atom. The van der Waals surface area contributed by atoms with Crippen molar-refractivity contribution in [3.8, 4) is 0 Å². The van der Waals surface area contributed by atoms with Crippen LogP contribution in [0.3, 0.4) is 0 Å². The minimum Gasteiger partial charge on any atom is -0.381 e. The second-order valence-electron chi connectivity index (χ2n) is 6.96. The van der Waals surface area contributed by atoms with E-state index in [1.54, 1.807) is 12.3 Å². The molecule has 1 unspecified atom stereocenters. The van der Waals surface area contributed by atoms with Gasteiger partial charge in [-0.1, -0.05) is 30.3 Å². The van der Waals surface area contributed by atoms with Crippen LogP contribution in [-0.4, -0.2) is 41.1 Å². The third-order valence-corrected chi connectivity index (χ3v) is 4.62. The van der Waals surface area contributed by atoms with E-state index < -0.39 is 0 Å². The van der Waals surface area contributed by atoms with Crippen molar-refractivity contribution in [3.63, 3.8) is 0 Å². The molecule has 1 amide bonds. The number of carbonyl (C=O) groups is 1. The minimum absolute atomic E-state index is 0.0467. The molecule has 0 bridgehead atoms. The van der Waals surface area contributed by atoms with Crippen molar-refractivity contribution in [2.75, 3.05) is 18.5 Å². The maximum Gasteiger partial charge on any atom is 0.272 e. The van der Waals surface area contributed by atoms with Gasteiger partial charge in [-0.25, -0.2) is 4.98 Å². The second kappa shape index (κ2) is 8.81. The van der Waals surface area contributed by atoms with Gasteiger partial charge >= 0.3 is 0 Å². The summed E-state index contributed by atoms with van der Waals surface area (Å²) in [6.07, 6.45) is 4.23. The molecular formula is C21H27N3O2. The third kappa shape index (κ3) is 4.82. The summed E-state index contributed by atoms with van der Waals surface area (Å²) in [5.41, 5.74) is 2.50. The number of amides is 1. The number of aromatic nitrogens is 1. The molecule has 3 rings (SSSR count). The van der Waals surface area contributed by atoms with Gasteiger partial charge in [-0.2, -0.15) is 0 Å². The van der Waals surface area contributed by atoms with E-state index in [0.717, 1.165) is 37.2 Å². The van der Waals surface area contributed by atoms with E-state index in [0.29, 0.717) is 12.2 Å². The lowest BCUT2D eigenvalue weighted by atomic mass is 10.1. The van der Waals surface area contributed by atoms with Gasteiger partial charge in [0, 0.05) is 25.7 Å². The van der Waals surface area contributed by atoms with Gasteiger partial charge in [0.1, 0.15) is 5.69 Å². The fourth-order valence-corrected chi connectivity index (χ4v) is 3.08. The molecular weight excluding hydrogens is 326 g/mol. The Labute approximate surface area is 155 Å². The molecule has 1 aliphatic heterocycles. The Balaban J connectivity index is 1.63. The van der Waals surface area contributed by atoms with Crippen molar-refractivity contribution in [1.82, 2.24) is 9.88 Å². The number of benzene rings is 1. The average Bonchev–Trinajstić information content (AvgIpc) is 3.18. The molecule has 0 radical (unpaired) electrons. The first-order chi connectivity index (χ1) is 12.6. The summed E-state index contributed by atoms with van der Waals surface area (Å²) in [6, 6.07) is 13.8. The summed E-state index contributed by atoms with van der Waals surface area (Å²) in [5, 5.41) is 3.33. The van der Waals surface area contributed by atoms with Gasteiger partial charge in [-0.05, 0) is 44.4 Å². The van der Waals surface area contributed by atoms with Crippen LogP contribution in [0.25, 0.3) is 0 Å². The SMILES string of the molecule is CC(C)N(Cc1ccccc1)C(=O)c1ccc(NCC2CCCO2)cn1. The number of ether oxygens (including phenoxy) is 1. The average molecular weight is 353 g/mol. The largest absolute Gasteiger partial charge is 0.381 e. The molecule has 1 atom stereocenters. The van der Waals surface area contributed by atoms with Crippen LogP contribution in [0.2, 0.25) is 0 Å². The van der Waals surface area contributed by atoms with Crippen molar-refractivity contribution >= 4 is 11.6 Å². The van der Waals surface area contributed by atoms with Crippen molar-refractivity contribution < 1.29 is 9.53 Å². The Kier molecular flexibility index (Phi) is 6.23. The highest BCUT2D eigenvalue weighted by atomic mass is 16.5. The van der Waals surface area contributed by atoms with Crippen LogP contribution in [0.1, 0.15) is 42.7 Å². The molecule has 2 heterocycles. The molecule has 0 spiro atoms. The normalized spacial score (nSPS) is 16.7. The lowest BCUT2D eigenvalue weighted by Crippen LogP contribution is -2.36. The zero-order chi connectivity index (χ0) is 18.4. The summed E-state index contributed by atoms with van der Waals surface area (Å²) in [7, 11) is 0. The topological polar surface area (TPSA) is 54.5 Å². The van der Waals surface area contributed by atoms with Crippen molar-refractivity contribution in [2.45, 2.75) is 45.4 Å². The van der Waals surface area contributed by atoms with Crippen LogP contribution < -0.4 is 5.32 Å². The van der Waals surface area contributed by atoms with E-state index in [9.17, 15) is 4.79 Å². The number of nitrogens with zero attached hydrogens (tertiary/aromatic N) is 2. The lowest BCUT2D eigenvalue weighted by Gasteiger charge is -2.26. The fraction of sp³-hybridized carbons (Fsp3) is 0.429. The molecule has 1 N–H and O–H groups in total. The molecule has 0 aliphatic carbocycles. The van der Waals surface area contributed by atoms with E-state index in [-0.39, 0.29) is 18.1 Å². The highest BCUT2D eigenvalue weighted by Crippen LogP contribution is 2.16. The Morgan fingerprint density at radius 1 is 1.27 bits per heavy atom. The number of pyridine rings is 1. The first-order valence-electron chi connectivity index (χ1n) is 9.30. The van der Waals surface area contributed by atoms with Gasteiger partial charge < -0.3 is 15.0 Å². The van der Waals surface area contributed by atoms with E-state index >= 15 is 0 Å². The van der Waals surface area contributed by atoms with Gasteiger partial charge in [0.25, 0.3) is 5.91 Å². The molecule has 26 heavy (non-hydrogen) atoms. The predicted molar refractivity (Wildman–Crippen MR) is 103 cm³/mol. The van der Waals surface area contributed by atoms with Crippen LogP contribution in [0, 0.1) is 0 Å².